The summed E-state index contributed by atoms with van der Waals surface area (Å²) < 4.78 is 0. The molecular formula is C21H15N7S. The monoisotopic (exact) mass is 397 g/mol. The second kappa shape index (κ2) is 6.11. The Labute approximate surface area is 168 Å². The molecule has 0 atom stereocenters. The van der Waals surface area contributed by atoms with Crippen LogP contribution >= 0.6 is 11.3 Å². The number of pyridine rings is 2. The van der Waals surface area contributed by atoms with Gasteiger partial charge >= 0.3 is 0 Å². The molecule has 0 radical (unpaired) electrons. The minimum absolute atomic E-state index is 0.679. The largest absolute Gasteiger partial charge is 0.352 e. The van der Waals surface area contributed by atoms with Crippen LogP contribution in [-0.2, 0) is 0 Å². The van der Waals surface area contributed by atoms with Gasteiger partial charge in [0.2, 0.25) is 0 Å². The first-order chi connectivity index (χ1) is 14.3. The molecule has 6 heterocycles. The third-order valence-electron chi connectivity index (χ3n) is 5.06. The van der Waals surface area contributed by atoms with E-state index in [4.69, 9.17) is 0 Å². The zero-order chi connectivity index (χ0) is 19.4. The van der Waals surface area contributed by atoms with Crippen LogP contribution in [0.3, 0.4) is 0 Å². The lowest BCUT2D eigenvalue weighted by atomic mass is 10.1. The fourth-order valence-electron chi connectivity index (χ4n) is 3.63. The van der Waals surface area contributed by atoms with Crippen molar-refractivity contribution >= 4 is 33.3 Å². The summed E-state index contributed by atoms with van der Waals surface area (Å²) in [4.78, 5) is 14.9. The van der Waals surface area contributed by atoms with E-state index in [1.807, 2.05) is 24.8 Å². The summed E-state index contributed by atoms with van der Waals surface area (Å²) in [5.74, 6) is 0. The minimum Gasteiger partial charge on any atom is -0.352 e. The number of thiophene rings is 1. The predicted molar refractivity (Wildman–Crippen MR) is 115 cm³/mol. The van der Waals surface area contributed by atoms with Gasteiger partial charge in [0.25, 0.3) is 0 Å². The maximum atomic E-state index is 4.50. The van der Waals surface area contributed by atoms with Crippen molar-refractivity contribution in [3.05, 3.63) is 60.1 Å². The van der Waals surface area contributed by atoms with Crippen LogP contribution in [0.15, 0.2) is 55.2 Å². The molecule has 6 aromatic heterocycles. The van der Waals surface area contributed by atoms with Crippen LogP contribution in [0.1, 0.15) is 4.88 Å². The van der Waals surface area contributed by atoms with E-state index < -0.39 is 0 Å². The number of hydrogen-bond donors (Lipinski definition) is 3. The molecule has 0 saturated heterocycles. The molecule has 6 aromatic rings. The maximum Gasteiger partial charge on any atom is 0.181 e. The van der Waals surface area contributed by atoms with Crippen LogP contribution in [0, 0.1) is 6.92 Å². The molecule has 7 nitrogen and oxygen atoms in total. The van der Waals surface area contributed by atoms with Crippen LogP contribution < -0.4 is 0 Å². The molecule has 0 amide bonds. The van der Waals surface area contributed by atoms with E-state index >= 15 is 0 Å². The van der Waals surface area contributed by atoms with Gasteiger partial charge in [-0.3, -0.25) is 15.2 Å². The molecule has 29 heavy (non-hydrogen) atoms. The van der Waals surface area contributed by atoms with E-state index in [1.54, 1.807) is 17.5 Å². The number of nitrogens with one attached hydrogen (secondary N) is 3. The Morgan fingerprint density at radius 2 is 1.93 bits per heavy atom. The number of aromatic amines is 3. The summed E-state index contributed by atoms with van der Waals surface area (Å²) in [7, 11) is 0. The Hall–Kier alpha value is -3.78. The van der Waals surface area contributed by atoms with E-state index in [0.29, 0.717) is 5.65 Å². The lowest BCUT2D eigenvalue weighted by molar-refractivity contribution is 1.09. The maximum absolute atomic E-state index is 4.50. The van der Waals surface area contributed by atoms with Crippen LogP contribution in [-0.4, -0.2) is 35.3 Å². The van der Waals surface area contributed by atoms with Gasteiger partial charge in [0, 0.05) is 55.8 Å². The van der Waals surface area contributed by atoms with Crippen molar-refractivity contribution in [1.29, 1.82) is 0 Å². The van der Waals surface area contributed by atoms with Crippen molar-refractivity contribution < 1.29 is 0 Å². The van der Waals surface area contributed by atoms with Gasteiger partial charge in [0.15, 0.2) is 5.65 Å². The van der Waals surface area contributed by atoms with Crippen molar-refractivity contribution in [3.8, 4) is 33.0 Å². The van der Waals surface area contributed by atoms with Crippen LogP contribution in [0.5, 0.6) is 0 Å². The normalized spacial score (nSPS) is 11.6. The number of nitrogens with zero attached hydrogens (tertiary/aromatic N) is 4. The fraction of sp³-hybridized carbons (Fsp3) is 0.0476. The van der Waals surface area contributed by atoms with Gasteiger partial charge in [0.1, 0.15) is 0 Å². The second-order valence-corrected chi connectivity index (χ2v) is 8.21. The Morgan fingerprint density at radius 3 is 2.76 bits per heavy atom. The molecule has 0 aliphatic rings. The topological polar surface area (TPSA) is 98.9 Å². The molecule has 0 fully saturated rings. The molecular weight excluding hydrogens is 382 g/mol. The van der Waals surface area contributed by atoms with Crippen molar-refractivity contribution in [2.75, 3.05) is 0 Å². The highest BCUT2D eigenvalue weighted by molar-refractivity contribution is 7.15. The van der Waals surface area contributed by atoms with Gasteiger partial charge < -0.3 is 4.98 Å². The van der Waals surface area contributed by atoms with Gasteiger partial charge in [-0.1, -0.05) is 0 Å². The lowest BCUT2D eigenvalue weighted by Gasteiger charge is -1.98. The van der Waals surface area contributed by atoms with Crippen molar-refractivity contribution in [2.45, 2.75) is 6.92 Å². The number of aromatic nitrogens is 7. The molecule has 8 heteroatoms. The van der Waals surface area contributed by atoms with E-state index in [1.165, 1.54) is 9.75 Å². The van der Waals surface area contributed by atoms with Crippen molar-refractivity contribution in [3.63, 3.8) is 0 Å². The third-order valence-corrected chi connectivity index (χ3v) is 6.10. The molecule has 0 aromatic carbocycles. The summed E-state index contributed by atoms with van der Waals surface area (Å²) in [6.45, 7) is 2.12. The van der Waals surface area contributed by atoms with E-state index in [0.717, 1.165) is 44.4 Å². The Kier molecular flexibility index (Phi) is 3.41. The number of aryl methyl sites for hydroxylation is 1. The molecule has 0 unspecified atom stereocenters. The number of hydrogen-bond acceptors (Lipinski definition) is 5. The quantitative estimate of drug-likeness (QED) is 0.394. The average Bonchev–Trinajstić information content (AvgIpc) is 3.51. The first-order valence-electron chi connectivity index (χ1n) is 9.13. The average molecular weight is 397 g/mol. The highest BCUT2D eigenvalue weighted by Gasteiger charge is 2.15. The van der Waals surface area contributed by atoms with Gasteiger partial charge in [-0.2, -0.15) is 10.2 Å². The molecule has 140 valence electrons. The molecule has 0 saturated carbocycles. The van der Waals surface area contributed by atoms with Crippen molar-refractivity contribution in [2.24, 2.45) is 0 Å². The third kappa shape index (κ3) is 2.57. The van der Waals surface area contributed by atoms with E-state index in [2.05, 4.69) is 66.5 Å². The summed E-state index contributed by atoms with van der Waals surface area (Å²) in [5, 5.41) is 16.5. The summed E-state index contributed by atoms with van der Waals surface area (Å²) in [5.41, 5.74) is 6.63. The summed E-state index contributed by atoms with van der Waals surface area (Å²) >= 11 is 1.77. The Balaban J connectivity index is 1.53. The zero-order valence-electron chi connectivity index (χ0n) is 15.4. The smallest absolute Gasteiger partial charge is 0.181 e. The second-order valence-electron chi connectivity index (χ2n) is 6.92. The predicted octanol–water partition coefficient (Wildman–Crippen LogP) is 4.93. The first-order valence-corrected chi connectivity index (χ1v) is 9.95. The number of H-pyrrole nitrogens is 3. The fourth-order valence-corrected chi connectivity index (χ4v) is 4.52. The minimum atomic E-state index is 0.679. The van der Waals surface area contributed by atoms with Gasteiger partial charge in [-0.15, -0.1) is 11.3 Å². The standard InChI is InChI=1S/C21H15N7S/c1-11-2-3-19(29-11)16-9-22-10-18-14(16)5-17(26-18)20-15-4-12(13-7-24-25-8-13)6-23-21(15)28-27-20/h2-10,26H,1H3,(H,24,25)(H,23,27,28). The molecule has 0 bridgehead atoms. The first kappa shape index (κ1) is 16.2. The summed E-state index contributed by atoms with van der Waals surface area (Å²) in [6, 6.07) is 8.52. The highest BCUT2D eigenvalue weighted by atomic mass is 32.1. The molecule has 0 aliphatic heterocycles. The van der Waals surface area contributed by atoms with E-state index in [-0.39, 0.29) is 0 Å². The SMILES string of the molecule is Cc1ccc(-c2cncc3[nH]c(-c4[nH]nc5ncc(-c6cn[nH]c6)cc45)cc23)s1. The Bertz CT molecular complexity index is 1470. The zero-order valence-corrected chi connectivity index (χ0v) is 16.2. The molecule has 0 aliphatic carbocycles. The van der Waals surface area contributed by atoms with Crippen LogP contribution in [0.4, 0.5) is 0 Å². The Morgan fingerprint density at radius 1 is 0.966 bits per heavy atom. The van der Waals surface area contributed by atoms with Gasteiger partial charge in [-0.25, -0.2) is 4.98 Å². The lowest BCUT2D eigenvalue weighted by Crippen LogP contribution is -1.81. The van der Waals surface area contributed by atoms with Crippen molar-refractivity contribution in [1.82, 2.24) is 35.3 Å². The van der Waals surface area contributed by atoms with E-state index in [9.17, 15) is 0 Å². The van der Waals surface area contributed by atoms with Crippen LogP contribution in [0.25, 0.3) is 54.9 Å². The number of fused-ring (bicyclic) bond motifs is 2. The number of rotatable bonds is 3. The summed E-state index contributed by atoms with van der Waals surface area (Å²) in [6.07, 6.45) is 9.23. The molecule has 0 spiro atoms. The molecule has 6 rings (SSSR count). The van der Waals surface area contributed by atoms with Crippen LogP contribution in [0.2, 0.25) is 0 Å². The van der Waals surface area contributed by atoms with Gasteiger partial charge in [-0.05, 0) is 31.2 Å². The van der Waals surface area contributed by atoms with Gasteiger partial charge in [0.05, 0.1) is 29.3 Å². The molecule has 3 N–H and O–H groups in total. The highest BCUT2D eigenvalue weighted by Crippen LogP contribution is 2.36.